The molecular formula is C6H8KNO6S2. The summed E-state index contributed by atoms with van der Waals surface area (Å²) in [4.78, 5) is -1.43. The van der Waals surface area contributed by atoms with Gasteiger partial charge in [-0.1, -0.05) is 0 Å². The predicted octanol–water partition coefficient (Wildman–Crippen LogP) is -3.12. The van der Waals surface area contributed by atoms with Crippen LogP contribution in [0.1, 0.15) is 1.43 Å². The van der Waals surface area contributed by atoms with E-state index in [9.17, 15) is 16.8 Å². The van der Waals surface area contributed by atoms with Gasteiger partial charge in [0, 0.05) is 0 Å². The number of nitrogens with two attached hydrogens (primary N) is 1. The maximum Gasteiger partial charge on any atom is 1.00 e. The molecule has 0 saturated heterocycles. The van der Waals surface area contributed by atoms with E-state index in [4.69, 9.17) is 14.8 Å². The summed E-state index contributed by atoms with van der Waals surface area (Å²) in [7, 11) is -9.15. The molecule has 10 heteroatoms. The third-order valence-corrected chi connectivity index (χ3v) is 3.32. The zero-order chi connectivity index (χ0) is 11.9. The van der Waals surface area contributed by atoms with Crippen molar-refractivity contribution >= 4 is 25.9 Å². The van der Waals surface area contributed by atoms with E-state index in [2.05, 4.69) is 0 Å². The maximum absolute atomic E-state index is 10.7. The van der Waals surface area contributed by atoms with Crippen molar-refractivity contribution in [2.45, 2.75) is 9.79 Å². The Morgan fingerprint density at radius 2 is 1.56 bits per heavy atom. The minimum Gasteiger partial charge on any atom is -1.00 e. The fraction of sp³-hybridized carbons (Fsp3) is 0. The Kier molecular flexibility index (Phi) is 5.57. The third-order valence-electron chi connectivity index (χ3n) is 1.56. The summed E-state index contributed by atoms with van der Waals surface area (Å²) in [5.74, 6) is 0. The quantitative estimate of drug-likeness (QED) is 0.298. The zero-order valence-corrected chi connectivity index (χ0v) is 12.9. The van der Waals surface area contributed by atoms with Crippen molar-refractivity contribution in [3.63, 3.8) is 0 Å². The number of benzene rings is 1. The second-order valence-corrected chi connectivity index (χ2v) is 5.46. The Labute approximate surface area is 136 Å². The van der Waals surface area contributed by atoms with Crippen LogP contribution < -0.4 is 57.1 Å². The van der Waals surface area contributed by atoms with E-state index in [0.29, 0.717) is 6.07 Å². The van der Waals surface area contributed by atoms with E-state index in [0.717, 1.165) is 12.1 Å². The van der Waals surface area contributed by atoms with Crippen molar-refractivity contribution in [2.24, 2.45) is 0 Å². The summed E-state index contributed by atoms with van der Waals surface area (Å²) in [6, 6.07) is 2.44. The van der Waals surface area contributed by atoms with E-state index in [1.807, 2.05) is 0 Å². The van der Waals surface area contributed by atoms with Crippen LogP contribution in [0.3, 0.4) is 0 Å². The van der Waals surface area contributed by atoms with Gasteiger partial charge in [0.1, 0.15) is 4.90 Å². The van der Waals surface area contributed by atoms with Crippen LogP contribution in [0.25, 0.3) is 0 Å². The molecule has 0 spiro atoms. The van der Waals surface area contributed by atoms with Gasteiger partial charge < -0.3 is 7.16 Å². The minimum atomic E-state index is -4.62. The molecule has 86 valence electrons. The van der Waals surface area contributed by atoms with Gasteiger partial charge in [-0.25, -0.2) is 0 Å². The SMILES string of the molecule is Nc1ccc(S(=O)(=O)O)cc1S(=O)(=O)O.[H-].[K+]. The van der Waals surface area contributed by atoms with Crippen LogP contribution in [0.2, 0.25) is 0 Å². The van der Waals surface area contributed by atoms with E-state index in [-0.39, 0.29) is 58.5 Å². The molecule has 0 unspecified atom stereocenters. The van der Waals surface area contributed by atoms with Crippen LogP contribution in [0, 0.1) is 0 Å². The number of rotatable bonds is 2. The van der Waals surface area contributed by atoms with Crippen LogP contribution in [0.15, 0.2) is 28.0 Å². The van der Waals surface area contributed by atoms with Crippen molar-refractivity contribution in [3.8, 4) is 0 Å². The second kappa shape index (κ2) is 5.41. The summed E-state index contributed by atoms with van der Waals surface area (Å²) in [5, 5.41) is 0. The smallest absolute Gasteiger partial charge is 1.00 e. The molecular weight excluding hydrogens is 285 g/mol. The molecule has 7 nitrogen and oxygen atoms in total. The molecule has 1 rings (SSSR count). The van der Waals surface area contributed by atoms with E-state index in [1.54, 1.807) is 0 Å². The Hall–Kier alpha value is 0.476. The summed E-state index contributed by atoms with van der Waals surface area (Å²) >= 11 is 0. The van der Waals surface area contributed by atoms with E-state index >= 15 is 0 Å². The van der Waals surface area contributed by atoms with Crippen LogP contribution in [0.5, 0.6) is 0 Å². The predicted molar refractivity (Wildman–Crippen MR) is 51.6 cm³/mol. The Morgan fingerprint density at radius 1 is 1.06 bits per heavy atom. The zero-order valence-electron chi connectivity index (χ0n) is 9.15. The molecule has 4 N–H and O–H groups in total. The third kappa shape index (κ3) is 4.05. The molecule has 16 heavy (non-hydrogen) atoms. The maximum atomic E-state index is 10.7. The summed E-state index contributed by atoms with van der Waals surface area (Å²) in [5.41, 5.74) is 4.89. The molecule has 0 aromatic heterocycles. The van der Waals surface area contributed by atoms with Gasteiger partial charge in [-0.3, -0.25) is 9.11 Å². The summed E-state index contributed by atoms with van der Waals surface area (Å²) in [6.07, 6.45) is 0. The Morgan fingerprint density at radius 3 is 1.94 bits per heavy atom. The van der Waals surface area contributed by atoms with Gasteiger partial charge in [0.05, 0.1) is 10.6 Å². The van der Waals surface area contributed by atoms with Gasteiger partial charge in [0.25, 0.3) is 20.2 Å². The Balaban J connectivity index is 0. The molecule has 0 atom stereocenters. The van der Waals surface area contributed by atoms with Crippen molar-refractivity contribution in [1.29, 1.82) is 0 Å². The average molecular weight is 293 g/mol. The normalized spacial score (nSPS) is 11.9. The van der Waals surface area contributed by atoms with Crippen LogP contribution in [0.4, 0.5) is 5.69 Å². The minimum absolute atomic E-state index is 0. The average Bonchev–Trinajstić information content (AvgIpc) is 2.00. The monoisotopic (exact) mass is 293 g/mol. The standard InChI is InChI=1S/C6H7NO6S2.K.H/c7-5-2-1-4(14(8,9)10)3-6(5)15(11,12)13;;/h1-3H,7H2,(H,8,9,10)(H,11,12,13);;/q;+1;-1. The number of hydrogen-bond acceptors (Lipinski definition) is 5. The first-order chi connectivity index (χ1) is 6.62. The Bertz CT molecular complexity index is 599. The molecule has 1 aromatic carbocycles. The van der Waals surface area contributed by atoms with Gasteiger partial charge in [0.15, 0.2) is 0 Å². The van der Waals surface area contributed by atoms with Crippen LogP contribution in [-0.4, -0.2) is 25.9 Å². The molecule has 0 amide bonds. The van der Waals surface area contributed by atoms with Gasteiger partial charge in [0.2, 0.25) is 0 Å². The van der Waals surface area contributed by atoms with Crippen molar-refractivity contribution in [1.82, 2.24) is 0 Å². The molecule has 0 bridgehead atoms. The molecule has 1 aromatic rings. The fourth-order valence-corrected chi connectivity index (χ4v) is 2.12. The number of hydrogen-bond donors (Lipinski definition) is 3. The molecule has 0 fully saturated rings. The molecule has 0 aliphatic rings. The van der Waals surface area contributed by atoms with E-state index < -0.39 is 30.0 Å². The van der Waals surface area contributed by atoms with Gasteiger partial charge in [-0.15, -0.1) is 0 Å². The first kappa shape index (κ1) is 16.5. The summed E-state index contributed by atoms with van der Waals surface area (Å²) < 4.78 is 60.1. The fourth-order valence-electron chi connectivity index (χ4n) is 0.899. The van der Waals surface area contributed by atoms with Crippen molar-refractivity contribution in [3.05, 3.63) is 18.2 Å². The first-order valence-electron chi connectivity index (χ1n) is 3.47. The van der Waals surface area contributed by atoms with Crippen LogP contribution in [-0.2, 0) is 20.2 Å². The van der Waals surface area contributed by atoms with Crippen LogP contribution >= 0.6 is 0 Å². The first-order valence-corrected chi connectivity index (χ1v) is 6.35. The largest absolute Gasteiger partial charge is 1.00 e. The van der Waals surface area contributed by atoms with E-state index in [1.165, 1.54) is 0 Å². The molecule has 0 aliphatic carbocycles. The summed E-state index contributed by atoms with van der Waals surface area (Å²) in [6.45, 7) is 0. The number of anilines is 1. The molecule has 0 radical (unpaired) electrons. The van der Waals surface area contributed by atoms with Crippen molar-refractivity contribution in [2.75, 3.05) is 5.73 Å². The van der Waals surface area contributed by atoms with Crippen molar-refractivity contribution < 1.29 is 78.8 Å². The van der Waals surface area contributed by atoms with Gasteiger partial charge in [-0.05, 0) is 18.2 Å². The molecule has 0 aliphatic heterocycles. The molecule has 0 saturated carbocycles. The molecule has 0 heterocycles. The number of nitrogen functional groups attached to an aromatic ring is 1. The van der Waals surface area contributed by atoms with Gasteiger partial charge >= 0.3 is 51.4 Å². The topological polar surface area (TPSA) is 135 Å². The second-order valence-electron chi connectivity index (χ2n) is 2.65. The van der Waals surface area contributed by atoms with Gasteiger partial charge in [-0.2, -0.15) is 16.8 Å².